The van der Waals surface area contributed by atoms with Gasteiger partial charge in [0.2, 0.25) is 0 Å². The van der Waals surface area contributed by atoms with Crippen LogP contribution in [0.1, 0.15) is 16.3 Å². The standard InChI is InChI=1S/C16H18N2O4S/c1-11-18-13(10-23-11)7-16(20)22-9-15(19)17-8-12-4-3-5-14(6-12)21-2/h3-6,10H,7-9H2,1-2H3,(H,17,19). The number of rotatable bonds is 7. The van der Waals surface area contributed by atoms with Crippen molar-refractivity contribution in [1.82, 2.24) is 10.3 Å². The number of nitrogens with zero attached hydrogens (tertiary/aromatic N) is 1. The number of amides is 1. The zero-order valence-corrected chi connectivity index (χ0v) is 13.8. The lowest BCUT2D eigenvalue weighted by atomic mass is 10.2. The van der Waals surface area contributed by atoms with Gasteiger partial charge in [-0.2, -0.15) is 0 Å². The van der Waals surface area contributed by atoms with Crippen LogP contribution in [0.2, 0.25) is 0 Å². The van der Waals surface area contributed by atoms with Gasteiger partial charge in [0.15, 0.2) is 6.61 Å². The zero-order valence-electron chi connectivity index (χ0n) is 13.0. The molecule has 1 aromatic heterocycles. The third kappa shape index (κ3) is 5.71. The molecule has 1 amide bonds. The first-order chi connectivity index (χ1) is 11.1. The number of hydrogen-bond donors (Lipinski definition) is 1. The number of carbonyl (C=O) groups excluding carboxylic acids is 2. The SMILES string of the molecule is COc1cccc(CNC(=O)COC(=O)Cc2csc(C)n2)c1. The molecule has 1 N–H and O–H groups in total. The molecule has 1 heterocycles. The lowest BCUT2D eigenvalue weighted by Gasteiger charge is -2.07. The van der Waals surface area contributed by atoms with Crippen LogP contribution in [0.25, 0.3) is 0 Å². The van der Waals surface area contributed by atoms with Crippen LogP contribution in [-0.2, 0) is 27.3 Å². The highest BCUT2D eigenvalue weighted by Crippen LogP contribution is 2.12. The van der Waals surface area contributed by atoms with Crippen molar-refractivity contribution in [2.45, 2.75) is 19.9 Å². The molecular weight excluding hydrogens is 316 g/mol. The van der Waals surface area contributed by atoms with E-state index in [2.05, 4.69) is 10.3 Å². The van der Waals surface area contributed by atoms with Gasteiger partial charge in [-0.3, -0.25) is 9.59 Å². The first-order valence-corrected chi connectivity index (χ1v) is 7.91. The molecule has 2 rings (SSSR count). The summed E-state index contributed by atoms with van der Waals surface area (Å²) in [6, 6.07) is 7.37. The second-order valence-electron chi connectivity index (χ2n) is 4.82. The van der Waals surface area contributed by atoms with Gasteiger partial charge in [-0.05, 0) is 24.6 Å². The minimum Gasteiger partial charge on any atom is -0.497 e. The number of nitrogens with one attached hydrogen (secondary N) is 1. The van der Waals surface area contributed by atoms with Gasteiger partial charge < -0.3 is 14.8 Å². The van der Waals surface area contributed by atoms with Crippen molar-refractivity contribution >= 4 is 23.2 Å². The third-order valence-electron chi connectivity index (χ3n) is 2.98. The Morgan fingerprint density at radius 2 is 2.17 bits per heavy atom. The predicted octanol–water partition coefficient (Wildman–Crippen LogP) is 1.86. The number of methoxy groups -OCH3 is 1. The van der Waals surface area contributed by atoms with Crippen LogP contribution in [0.5, 0.6) is 5.75 Å². The Morgan fingerprint density at radius 1 is 1.35 bits per heavy atom. The minimum absolute atomic E-state index is 0.0769. The molecule has 7 heteroatoms. The Morgan fingerprint density at radius 3 is 2.87 bits per heavy atom. The Bertz CT molecular complexity index is 684. The summed E-state index contributed by atoms with van der Waals surface area (Å²) in [4.78, 5) is 27.5. The lowest BCUT2D eigenvalue weighted by Crippen LogP contribution is -2.28. The van der Waals surface area contributed by atoms with Crippen LogP contribution < -0.4 is 10.1 Å². The summed E-state index contributed by atoms with van der Waals surface area (Å²) in [5.41, 5.74) is 1.57. The van der Waals surface area contributed by atoms with Crippen LogP contribution in [0, 0.1) is 6.92 Å². The van der Waals surface area contributed by atoms with E-state index in [-0.39, 0.29) is 18.9 Å². The van der Waals surface area contributed by atoms with Crippen molar-refractivity contribution in [3.63, 3.8) is 0 Å². The van der Waals surface area contributed by atoms with Crippen molar-refractivity contribution in [2.24, 2.45) is 0 Å². The van der Waals surface area contributed by atoms with Gasteiger partial charge in [-0.1, -0.05) is 12.1 Å². The molecule has 0 aliphatic carbocycles. The molecule has 122 valence electrons. The maximum atomic E-state index is 11.7. The molecule has 2 aromatic rings. The number of hydrogen-bond acceptors (Lipinski definition) is 6. The summed E-state index contributed by atoms with van der Waals surface area (Å²) >= 11 is 1.47. The van der Waals surface area contributed by atoms with Crippen LogP contribution in [0.3, 0.4) is 0 Å². The summed E-state index contributed by atoms with van der Waals surface area (Å²) in [5, 5.41) is 5.39. The summed E-state index contributed by atoms with van der Waals surface area (Å²) in [6.07, 6.45) is 0.0769. The molecule has 0 spiro atoms. The Hall–Kier alpha value is -2.41. The van der Waals surface area contributed by atoms with E-state index in [0.717, 1.165) is 16.3 Å². The Balaban J connectivity index is 1.71. The van der Waals surface area contributed by atoms with Gasteiger partial charge >= 0.3 is 5.97 Å². The largest absolute Gasteiger partial charge is 0.497 e. The smallest absolute Gasteiger partial charge is 0.312 e. The highest BCUT2D eigenvalue weighted by atomic mass is 32.1. The van der Waals surface area contributed by atoms with Gasteiger partial charge in [-0.15, -0.1) is 11.3 Å². The molecule has 1 aromatic carbocycles. The fraction of sp³-hybridized carbons (Fsp3) is 0.312. The van der Waals surface area contributed by atoms with Gasteiger partial charge in [-0.25, -0.2) is 4.98 Å². The molecule has 6 nitrogen and oxygen atoms in total. The van der Waals surface area contributed by atoms with Crippen molar-refractivity contribution < 1.29 is 19.1 Å². The summed E-state index contributed by atoms with van der Waals surface area (Å²) in [6.45, 7) is 1.91. The molecule has 0 fully saturated rings. The molecule has 0 aliphatic rings. The number of ether oxygens (including phenoxy) is 2. The number of esters is 1. The highest BCUT2D eigenvalue weighted by Gasteiger charge is 2.10. The van der Waals surface area contributed by atoms with Gasteiger partial charge in [0.1, 0.15) is 5.75 Å². The molecule has 0 radical (unpaired) electrons. The molecule has 0 unspecified atom stereocenters. The molecule has 0 aliphatic heterocycles. The second kappa shape index (κ2) is 8.28. The van der Waals surface area contributed by atoms with Gasteiger partial charge in [0, 0.05) is 11.9 Å². The fourth-order valence-electron chi connectivity index (χ4n) is 1.87. The number of carbonyl (C=O) groups is 2. The van der Waals surface area contributed by atoms with Crippen molar-refractivity contribution in [1.29, 1.82) is 0 Å². The first-order valence-electron chi connectivity index (χ1n) is 7.03. The van der Waals surface area contributed by atoms with Crippen molar-refractivity contribution in [2.75, 3.05) is 13.7 Å². The first kappa shape index (κ1) is 17.0. The van der Waals surface area contributed by atoms with E-state index in [1.807, 2.05) is 31.2 Å². The molecule has 0 saturated carbocycles. The molecule has 0 saturated heterocycles. The monoisotopic (exact) mass is 334 g/mol. The molecule has 0 bridgehead atoms. The van der Waals surface area contributed by atoms with E-state index in [4.69, 9.17) is 9.47 Å². The van der Waals surface area contributed by atoms with Crippen LogP contribution in [-0.4, -0.2) is 30.6 Å². The Kier molecular flexibility index (Phi) is 6.10. The number of aromatic nitrogens is 1. The lowest BCUT2D eigenvalue weighted by molar-refractivity contribution is -0.147. The van der Waals surface area contributed by atoms with Crippen LogP contribution in [0.4, 0.5) is 0 Å². The maximum Gasteiger partial charge on any atom is 0.312 e. The topological polar surface area (TPSA) is 77.5 Å². The summed E-state index contributed by atoms with van der Waals surface area (Å²) < 4.78 is 10.1. The van der Waals surface area contributed by atoms with Gasteiger partial charge in [0.05, 0.1) is 24.2 Å². The highest BCUT2D eigenvalue weighted by molar-refractivity contribution is 7.09. The normalized spacial score (nSPS) is 10.2. The van der Waals surface area contributed by atoms with Crippen molar-refractivity contribution in [3.05, 3.63) is 45.9 Å². The van der Waals surface area contributed by atoms with Gasteiger partial charge in [0.25, 0.3) is 5.91 Å². The molecular formula is C16H18N2O4S. The summed E-state index contributed by atoms with van der Waals surface area (Å²) in [7, 11) is 1.58. The minimum atomic E-state index is -0.466. The van der Waals surface area contributed by atoms with Crippen molar-refractivity contribution in [3.8, 4) is 5.75 Å². The maximum absolute atomic E-state index is 11.7. The quantitative estimate of drug-likeness (QED) is 0.782. The van der Waals surface area contributed by atoms with E-state index in [1.165, 1.54) is 11.3 Å². The summed E-state index contributed by atoms with van der Waals surface area (Å²) in [5.74, 6) is -0.0933. The average molecular weight is 334 g/mol. The van der Waals surface area contributed by atoms with E-state index < -0.39 is 5.97 Å². The van der Waals surface area contributed by atoms with E-state index in [1.54, 1.807) is 12.5 Å². The number of benzene rings is 1. The number of thiazole rings is 1. The second-order valence-corrected chi connectivity index (χ2v) is 5.89. The Labute approximate surface area is 138 Å². The van der Waals surface area contributed by atoms with Crippen LogP contribution in [0.15, 0.2) is 29.6 Å². The zero-order chi connectivity index (χ0) is 16.7. The van der Waals surface area contributed by atoms with E-state index in [0.29, 0.717) is 12.2 Å². The van der Waals surface area contributed by atoms with Crippen LogP contribution >= 0.6 is 11.3 Å². The van der Waals surface area contributed by atoms with E-state index in [9.17, 15) is 9.59 Å². The third-order valence-corrected chi connectivity index (χ3v) is 3.80. The predicted molar refractivity (Wildman–Crippen MR) is 86.4 cm³/mol. The number of aryl methyl sites for hydroxylation is 1. The fourth-order valence-corrected chi connectivity index (χ4v) is 2.48. The average Bonchev–Trinajstić information content (AvgIpc) is 2.96. The molecule has 23 heavy (non-hydrogen) atoms. The molecule has 0 atom stereocenters. The van der Waals surface area contributed by atoms with E-state index >= 15 is 0 Å².